The third kappa shape index (κ3) is 3.43. The molecular formula is C20H26N4O3. The van der Waals surface area contributed by atoms with E-state index < -0.39 is 0 Å². The predicted octanol–water partition coefficient (Wildman–Crippen LogP) is 2.31. The fraction of sp³-hybridized carbons (Fsp3) is 0.550. The molecule has 0 aromatic carbocycles. The van der Waals surface area contributed by atoms with Crippen LogP contribution in [-0.4, -0.2) is 57.5 Å². The van der Waals surface area contributed by atoms with Crippen LogP contribution < -0.4 is 4.74 Å². The van der Waals surface area contributed by atoms with Crippen molar-refractivity contribution in [2.45, 2.75) is 38.8 Å². The average molecular weight is 370 g/mol. The molecule has 1 spiro atoms. The van der Waals surface area contributed by atoms with Crippen molar-refractivity contribution < 1.29 is 14.3 Å². The predicted molar refractivity (Wildman–Crippen MR) is 99.7 cm³/mol. The summed E-state index contributed by atoms with van der Waals surface area (Å²) in [4.78, 5) is 18.8. The van der Waals surface area contributed by atoms with Crippen LogP contribution in [0.3, 0.4) is 0 Å². The van der Waals surface area contributed by atoms with Crippen LogP contribution in [0.25, 0.3) is 0 Å². The molecule has 1 unspecified atom stereocenters. The topological polar surface area (TPSA) is 69.5 Å². The molecule has 0 saturated carbocycles. The molecule has 0 N–H and O–H groups in total. The van der Waals surface area contributed by atoms with Crippen LogP contribution in [0.2, 0.25) is 0 Å². The minimum Gasteiger partial charge on any atom is -0.492 e. The van der Waals surface area contributed by atoms with Gasteiger partial charge in [0, 0.05) is 19.3 Å². The van der Waals surface area contributed by atoms with E-state index in [1.807, 2.05) is 36.9 Å². The van der Waals surface area contributed by atoms with Crippen molar-refractivity contribution in [2.75, 3.05) is 26.3 Å². The molecule has 7 heteroatoms. The minimum atomic E-state index is -0.208. The van der Waals surface area contributed by atoms with Crippen molar-refractivity contribution in [3.8, 4) is 5.75 Å². The van der Waals surface area contributed by atoms with E-state index in [0.717, 1.165) is 30.9 Å². The number of aryl methyl sites for hydroxylation is 2. The second-order valence-corrected chi connectivity index (χ2v) is 7.37. The third-order valence-corrected chi connectivity index (χ3v) is 5.59. The van der Waals surface area contributed by atoms with E-state index >= 15 is 0 Å². The number of ether oxygens (including phenoxy) is 2. The lowest BCUT2D eigenvalue weighted by Gasteiger charge is -2.50. The van der Waals surface area contributed by atoms with E-state index in [9.17, 15) is 4.79 Å². The number of carbonyl (C=O) groups excluding carboxylic acids is 1. The highest BCUT2D eigenvalue weighted by Gasteiger charge is 2.54. The summed E-state index contributed by atoms with van der Waals surface area (Å²) in [5.74, 6) is 1.25. The molecule has 2 fully saturated rings. The van der Waals surface area contributed by atoms with Crippen LogP contribution >= 0.6 is 0 Å². The van der Waals surface area contributed by atoms with Crippen molar-refractivity contribution in [1.29, 1.82) is 0 Å². The summed E-state index contributed by atoms with van der Waals surface area (Å²) >= 11 is 0. The molecule has 27 heavy (non-hydrogen) atoms. The lowest BCUT2D eigenvalue weighted by Crippen LogP contribution is -2.66. The summed E-state index contributed by atoms with van der Waals surface area (Å²) in [6.45, 7) is 7.30. The van der Waals surface area contributed by atoms with Gasteiger partial charge in [-0.25, -0.2) is 0 Å². The summed E-state index contributed by atoms with van der Waals surface area (Å²) in [7, 11) is 0. The summed E-state index contributed by atoms with van der Waals surface area (Å²) < 4.78 is 13.7. The Hall–Kier alpha value is -2.41. The van der Waals surface area contributed by atoms with E-state index in [0.29, 0.717) is 37.9 Å². The Morgan fingerprint density at radius 1 is 1.44 bits per heavy atom. The normalized spacial score (nSPS) is 20.7. The summed E-state index contributed by atoms with van der Waals surface area (Å²) in [6.07, 6.45) is 5.40. The molecule has 1 amide bonds. The van der Waals surface area contributed by atoms with Crippen molar-refractivity contribution >= 4 is 5.91 Å². The van der Waals surface area contributed by atoms with Crippen LogP contribution in [0.15, 0.2) is 30.6 Å². The van der Waals surface area contributed by atoms with Crippen LogP contribution in [-0.2, 0) is 11.3 Å². The van der Waals surface area contributed by atoms with Crippen molar-refractivity contribution in [3.05, 3.63) is 42.0 Å². The van der Waals surface area contributed by atoms with Crippen LogP contribution in [0.1, 0.15) is 35.9 Å². The number of amides is 1. The first kappa shape index (κ1) is 18.0. The van der Waals surface area contributed by atoms with Gasteiger partial charge in [-0.3, -0.25) is 14.5 Å². The third-order valence-electron chi connectivity index (χ3n) is 5.59. The first-order chi connectivity index (χ1) is 13.1. The number of carbonyl (C=O) groups is 1. The Morgan fingerprint density at radius 3 is 3.04 bits per heavy atom. The number of pyridine rings is 1. The highest BCUT2D eigenvalue weighted by atomic mass is 16.5. The van der Waals surface area contributed by atoms with Gasteiger partial charge >= 0.3 is 0 Å². The Morgan fingerprint density at radius 2 is 2.30 bits per heavy atom. The molecule has 0 aliphatic carbocycles. The first-order valence-electron chi connectivity index (χ1n) is 9.62. The average Bonchev–Trinajstić information content (AvgIpc) is 3.24. The Labute approximate surface area is 159 Å². The molecule has 1 atom stereocenters. The smallest absolute Gasteiger partial charge is 0.272 e. The molecule has 2 saturated heterocycles. The van der Waals surface area contributed by atoms with Crippen LogP contribution in [0.4, 0.5) is 0 Å². The van der Waals surface area contributed by atoms with E-state index in [4.69, 9.17) is 9.47 Å². The molecule has 2 aliphatic heterocycles. The first-order valence-corrected chi connectivity index (χ1v) is 9.62. The van der Waals surface area contributed by atoms with Gasteiger partial charge in [-0.1, -0.05) is 0 Å². The van der Waals surface area contributed by atoms with Gasteiger partial charge in [-0.15, -0.1) is 0 Å². The van der Waals surface area contributed by atoms with Gasteiger partial charge in [0.25, 0.3) is 5.91 Å². The van der Waals surface area contributed by atoms with E-state index in [2.05, 4.69) is 10.1 Å². The molecule has 2 aliphatic rings. The number of hydrogen-bond acceptors (Lipinski definition) is 5. The fourth-order valence-electron chi connectivity index (χ4n) is 4.16. The van der Waals surface area contributed by atoms with Gasteiger partial charge in [0.1, 0.15) is 17.0 Å². The Kier molecular flexibility index (Phi) is 4.86. The van der Waals surface area contributed by atoms with Crippen LogP contribution in [0, 0.1) is 12.8 Å². The molecule has 7 nitrogen and oxygen atoms in total. The van der Waals surface area contributed by atoms with Gasteiger partial charge in [-0.2, -0.15) is 5.10 Å². The maximum Gasteiger partial charge on any atom is 0.272 e. The number of likely N-dealkylation sites (tertiary alicyclic amines) is 1. The lowest BCUT2D eigenvalue weighted by molar-refractivity contribution is -0.119. The Bertz CT molecular complexity index is 799. The molecule has 2 aromatic heterocycles. The highest BCUT2D eigenvalue weighted by molar-refractivity contribution is 5.93. The quantitative estimate of drug-likeness (QED) is 0.780. The van der Waals surface area contributed by atoms with Crippen molar-refractivity contribution in [2.24, 2.45) is 5.92 Å². The van der Waals surface area contributed by atoms with E-state index in [-0.39, 0.29) is 11.5 Å². The monoisotopic (exact) mass is 370 g/mol. The molecule has 4 rings (SSSR count). The number of nitrogens with zero attached hydrogens (tertiary/aromatic N) is 4. The second-order valence-electron chi connectivity index (χ2n) is 7.37. The lowest BCUT2D eigenvalue weighted by atomic mass is 9.79. The van der Waals surface area contributed by atoms with Gasteiger partial charge in [0.2, 0.25) is 0 Å². The number of rotatable bonds is 6. The van der Waals surface area contributed by atoms with Crippen molar-refractivity contribution in [1.82, 2.24) is 19.7 Å². The standard InChI is InChI=1S/C20H26N4O3/c1-3-24-18(11-15(2)22-24)19(25)23-13-20(14-23)16(7-10-27-20)6-9-26-17-5-4-8-21-12-17/h4-5,8,11-12,16H,3,6-7,9-10,13-14H2,1-2H3. The van der Waals surface area contributed by atoms with Gasteiger partial charge in [0.15, 0.2) is 0 Å². The maximum absolute atomic E-state index is 12.8. The van der Waals surface area contributed by atoms with E-state index in [1.54, 1.807) is 17.1 Å². The van der Waals surface area contributed by atoms with Crippen molar-refractivity contribution in [3.63, 3.8) is 0 Å². The second kappa shape index (κ2) is 7.31. The van der Waals surface area contributed by atoms with Gasteiger partial charge in [0.05, 0.1) is 31.6 Å². The zero-order valence-corrected chi connectivity index (χ0v) is 15.9. The zero-order chi connectivity index (χ0) is 18.9. The molecule has 4 heterocycles. The minimum absolute atomic E-state index is 0.0453. The Balaban J connectivity index is 1.34. The largest absolute Gasteiger partial charge is 0.492 e. The van der Waals surface area contributed by atoms with E-state index in [1.165, 1.54) is 0 Å². The van der Waals surface area contributed by atoms with Gasteiger partial charge in [-0.05, 0) is 50.8 Å². The molecule has 144 valence electrons. The van der Waals surface area contributed by atoms with Crippen LogP contribution in [0.5, 0.6) is 5.75 Å². The summed E-state index contributed by atoms with van der Waals surface area (Å²) in [5.41, 5.74) is 1.33. The molecule has 0 radical (unpaired) electrons. The SMILES string of the molecule is CCn1nc(C)cc1C(=O)N1CC2(C1)OCCC2CCOc1cccnc1. The van der Waals surface area contributed by atoms with Gasteiger partial charge < -0.3 is 14.4 Å². The zero-order valence-electron chi connectivity index (χ0n) is 15.9. The number of hydrogen-bond donors (Lipinski definition) is 0. The highest BCUT2D eigenvalue weighted by Crippen LogP contribution is 2.42. The molecule has 0 bridgehead atoms. The fourth-order valence-corrected chi connectivity index (χ4v) is 4.16. The molecular weight excluding hydrogens is 344 g/mol. The number of aromatic nitrogens is 3. The molecule has 2 aromatic rings. The summed E-state index contributed by atoms with van der Waals surface area (Å²) in [5, 5.41) is 4.38. The summed E-state index contributed by atoms with van der Waals surface area (Å²) in [6, 6.07) is 5.65. The maximum atomic E-state index is 12.8.